The standard InChI is InChI=1S/C18H15F3N2O/c19-18(20,21)15-7-3-2-6-14(15)17(24)22-10-9-13-11-12-5-1-4-8-16(12)23-13/h1-8,11,23H,9-10H2,(H,22,24). The molecule has 1 amide bonds. The Balaban J connectivity index is 1.66. The molecule has 2 aromatic carbocycles. The smallest absolute Gasteiger partial charge is 0.358 e. The van der Waals surface area contributed by atoms with Crippen LogP contribution in [0.3, 0.4) is 0 Å². The number of para-hydroxylation sites is 1. The minimum Gasteiger partial charge on any atom is -0.358 e. The Morgan fingerprint density at radius 3 is 2.50 bits per heavy atom. The van der Waals surface area contributed by atoms with Crippen LogP contribution in [0.15, 0.2) is 54.6 Å². The van der Waals surface area contributed by atoms with E-state index in [9.17, 15) is 18.0 Å². The summed E-state index contributed by atoms with van der Waals surface area (Å²) in [5.41, 5.74) is 0.622. The molecule has 24 heavy (non-hydrogen) atoms. The van der Waals surface area contributed by atoms with Crippen molar-refractivity contribution < 1.29 is 18.0 Å². The van der Waals surface area contributed by atoms with E-state index in [1.165, 1.54) is 18.2 Å². The summed E-state index contributed by atoms with van der Waals surface area (Å²) < 4.78 is 38.8. The SMILES string of the molecule is O=C(NCCc1cc2ccccc2[nH]1)c1ccccc1C(F)(F)F. The van der Waals surface area contributed by atoms with Gasteiger partial charge in [0.2, 0.25) is 0 Å². The fraction of sp³-hybridized carbons (Fsp3) is 0.167. The van der Waals surface area contributed by atoms with Crippen molar-refractivity contribution in [3.8, 4) is 0 Å². The molecule has 0 atom stereocenters. The lowest BCUT2D eigenvalue weighted by Gasteiger charge is -2.12. The third-order valence-electron chi connectivity index (χ3n) is 3.74. The predicted molar refractivity (Wildman–Crippen MR) is 85.8 cm³/mol. The lowest BCUT2D eigenvalue weighted by atomic mass is 10.1. The molecule has 0 fully saturated rings. The summed E-state index contributed by atoms with van der Waals surface area (Å²) in [4.78, 5) is 15.3. The number of fused-ring (bicyclic) bond motifs is 1. The summed E-state index contributed by atoms with van der Waals surface area (Å²) in [6, 6.07) is 14.5. The third kappa shape index (κ3) is 3.42. The van der Waals surface area contributed by atoms with Crippen LogP contribution in [0.1, 0.15) is 21.6 Å². The number of rotatable bonds is 4. The molecule has 1 aromatic heterocycles. The van der Waals surface area contributed by atoms with Crippen molar-refractivity contribution in [2.75, 3.05) is 6.54 Å². The molecule has 0 spiro atoms. The highest BCUT2D eigenvalue weighted by Crippen LogP contribution is 2.31. The molecule has 3 aromatic rings. The van der Waals surface area contributed by atoms with Crippen molar-refractivity contribution >= 4 is 16.8 Å². The lowest BCUT2D eigenvalue weighted by Crippen LogP contribution is -2.28. The first kappa shape index (κ1) is 16.1. The van der Waals surface area contributed by atoms with E-state index in [1.54, 1.807) is 0 Å². The second-order valence-electron chi connectivity index (χ2n) is 5.43. The van der Waals surface area contributed by atoms with Crippen LogP contribution in [-0.2, 0) is 12.6 Å². The quantitative estimate of drug-likeness (QED) is 0.740. The number of carbonyl (C=O) groups is 1. The zero-order chi connectivity index (χ0) is 17.2. The fourth-order valence-corrected chi connectivity index (χ4v) is 2.60. The van der Waals surface area contributed by atoms with E-state index in [-0.39, 0.29) is 12.1 Å². The minimum absolute atomic E-state index is 0.248. The molecular formula is C18H15F3N2O. The Morgan fingerprint density at radius 1 is 1.04 bits per heavy atom. The molecule has 124 valence electrons. The van der Waals surface area contributed by atoms with Crippen molar-refractivity contribution in [2.45, 2.75) is 12.6 Å². The van der Waals surface area contributed by atoms with Crippen LogP contribution in [0.2, 0.25) is 0 Å². The Kier molecular flexibility index (Phi) is 4.29. The monoisotopic (exact) mass is 332 g/mol. The van der Waals surface area contributed by atoms with Crippen LogP contribution in [0, 0.1) is 0 Å². The van der Waals surface area contributed by atoms with Gasteiger partial charge in [0.1, 0.15) is 0 Å². The summed E-state index contributed by atoms with van der Waals surface area (Å²) in [6.07, 6.45) is -4.04. The van der Waals surface area contributed by atoms with E-state index in [0.29, 0.717) is 6.42 Å². The highest BCUT2D eigenvalue weighted by atomic mass is 19.4. The van der Waals surface area contributed by atoms with Gasteiger partial charge in [-0.05, 0) is 29.7 Å². The van der Waals surface area contributed by atoms with Crippen LogP contribution in [0.4, 0.5) is 13.2 Å². The molecular weight excluding hydrogens is 317 g/mol. The molecule has 0 bridgehead atoms. The van der Waals surface area contributed by atoms with Crippen molar-refractivity contribution in [3.05, 3.63) is 71.4 Å². The Labute approximate surface area is 136 Å². The number of benzene rings is 2. The molecule has 0 aliphatic carbocycles. The molecule has 3 nitrogen and oxygen atoms in total. The summed E-state index contributed by atoms with van der Waals surface area (Å²) in [6.45, 7) is 0.248. The maximum absolute atomic E-state index is 12.9. The Morgan fingerprint density at radius 2 is 1.75 bits per heavy atom. The average Bonchev–Trinajstić information content (AvgIpc) is 2.96. The van der Waals surface area contributed by atoms with Gasteiger partial charge in [0.25, 0.3) is 5.91 Å². The summed E-state index contributed by atoms with van der Waals surface area (Å²) in [7, 11) is 0. The van der Waals surface area contributed by atoms with Crippen molar-refractivity contribution in [3.63, 3.8) is 0 Å². The number of hydrogen-bond donors (Lipinski definition) is 2. The van der Waals surface area contributed by atoms with Gasteiger partial charge in [-0.2, -0.15) is 13.2 Å². The van der Waals surface area contributed by atoms with E-state index in [4.69, 9.17) is 0 Å². The molecule has 0 saturated carbocycles. The first-order valence-electron chi connectivity index (χ1n) is 7.46. The van der Waals surface area contributed by atoms with Gasteiger partial charge in [-0.25, -0.2) is 0 Å². The molecule has 0 radical (unpaired) electrons. The van der Waals surface area contributed by atoms with Crippen LogP contribution < -0.4 is 5.32 Å². The maximum Gasteiger partial charge on any atom is 0.417 e. The van der Waals surface area contributed by atoms with E-state index in [2.05, 4.69) is 10.3 Å². The molecule has 0 aliphatic rings. The topological polar surface area (TPSA) is 44.9 Å². The number of hydrogen-bond acceptors (Lipinski definition) is 1. The molecule has 0 unspecified atom stereocenters. The molecule has 6 heteroatoms. The first-order valence-corrected chi connectivity index (χ1v) is 7.46. The van der Waals surface area contributed by atoms with E-state index >= 15 is 0 Å². The molecule has 1 heterocycles. The first-order chi connectivity index (χ1) is 11.4. The van der Waals surface area contributed by atoms with Gasteiger partial charge in [-0.1, -0.05) is 30.3 Å². The average molecular weight is 332 g/mol. The van der Waals surface area contributed by atoms with Crippen LogP contribution in [0.25, 0.3) is 10.9 Å². The number of aromatic amines is 1. The summed E-state index contributed by atoms with van der Waals surface area (Å²) in [5.74, 6) is -0.723. The highest BCUT2D eigenvalue weighted by Gasteiger charge is 2.34. The molecule has 3 rings (SSSR count). The van der Waals surface area contributed by atoms with E-state index < -0.39 is 17.6 Å². The number of carbonyl (C=O) groups excluding carboxylic acids is 1. The Hall–Kier alpha value is -2.76. The maximum atomic E-state index is 12.9. The van der Waals surface area contributed by atoms with Gasteiger partial charge >= 0.3 is 6.18 Å². The van der Waals surface area contributed by atoms with Gasteiger partial charge in [0, 0.05) is 24.2 Å². The van der Waals surface area contributed by atoms with E-state index in [0.717, 1.165) is 22.7 Å². The zero-order valence-electron chi connectivity index (χ0n) is 12.7. The van der Waals surface area contributed by atoms with Gasteiger partial charge < -0.3 is 10.3 Å². The minimum atomic E-state index is -4.55. The van der Waals surface area contributed by atoms with Gasteiger partial charge in [0.15, 0.2) is 0 Å². The number of nitrogens with one attached hydrogen (secondary N) is 2. The van der Waals surface area contributed by atoms with Crippen molar-refractivity contribution in [1.29, 1.82) is 0 Å². The van der Waals surface area contributed by atoms with Crippen LogP contribution in [0.5, 0.6) is 0 Å². The van der Waals surface area contributed by atoms with Crippen LogP contribution in [-0.4, -0.2) is 17.4 Å². The number of H-pyrrole nitrogens is 1. The predicted octanol–water partition coefficient (Wildman–Crippen LogP) is 4.16. The summed E-state index contributed by atoms with van der Waals surface area (Å²) in [5, 5.41) is 3.60. The number of aromatic nitrogens is 1. The number of amides is 1. The fourth-order valence-electron chi connectivity index (χ4n) is 2.60. The number of alkyl halides is 3. The highest BCUT2D eigenvalue weighted by molar-refractivity contribution is 5.95. The normalized spacial score (nSPS) is 11.6. The largest absolute Gasteiger partial charge is 0.417 e. The Bertz CT molecular complexity index is 835. The molecule has 0 aliphatic heterocycles. The lowest BCUT2D eigenvalue weighted by molar-refractivity contribution is -0.137. The van der Waals surface area contributed by atoms with Gasteiger partial charge in [0.05, 0.1) is 11.1 Å². The van der Waals surface area contributed by atoms with Crippen molar-refractivity contribution in [1.82, 2.24) is 10.3 Å². The van der Waals surface area contributed by atoms with E-state index in [1.807, 2.05) is 30.3 Å². The zero-order valence-corrected chi connectivity index (χ0v) is 12.7. The number of halogens is 3. The summed E-state index contributed by atoms with van der Waals surface area (Å²) >= 11 is 0. The van der Waals surface area contributed by atoms with Crippen molar-refractivity contribution in [2.24, 2.45) is 0 Å². The van der Waals surface area contributed by atoms with Gasteiger partial charge in [-0.15, -0.1) is 0 Å². The molecule has 2 N–H and O–H groups in total. The van der Waals surface area contributed by atoms with Gasteiger partial charge in [-0.3, -0.25) is 4.79 Å². The molecule has 0 saturated heterocycles. The second kappa shape index (κ2) is 6.39. The second-order valence-corrected chi connectivity index (χ2v) is 5.43. The van der Waals surface area contributed by atoms with Crippen LogP contribution >= 0.6 is 0 Å². The third-order valence-corrected chi connectivity index (χ3v) is 3.74.